The molecule has 0 bridgehead atoms. The van der Waals surface area contributed by atoms with E-state index in [1.54, 1.807) is 32.4 Å². The van der Waals surface area contributed by atoms with E-state index >= 15 is 0 Å². The minimum absolute atomic E-state index is 0.0615. The van der Waals surface area contributed by atoms with E-state index in [0.717, 1.165) is 0 Å². The maximum absolute atomic E-state index is 12.2. The molecule has 4 nitrogen and oxygen atoms in total. The Bertz CT molecular complexity index is 439. The zero-order valence-corrected chi connectivity index (χ0v) is 11.6. The van der Waals surface area contributed by atoms with Crippen molar-refractivity contribution in [3.8, 4) is 11.5 Å². The number of carbonyl (C=O) groups is 1. The highest BCUT2D eigenvalue weighted by atomic mass is 16.5. The van der Waals surface area contributed by atoms with Crippen molar-refractivity contribution < 1.29 is 14.3 Å². The molecule has 0 atom stereocenters. The minimum Gasteiger partial charge on any atom is -0.497 e. The van der Waals surface area contributed by atoms with Crippen molar-refractivity contribution in [3.05, 3.63) is 23.8 Å². The Morgan fingerprint density at radius 1 is 1.26 bits per heavy atom. The van der Waals surface area contributed by atoms with Gasteiger partial charge in [-0.15, -0.1) is 0 Å². The Morgan fingerprint density at radius 2 is 2.00 bits per heavy atom. The van der Waals surface area contributed by atoms with E-state index < -0.39 is 0 Å². The van der Waals surface area contributed by atoms with Crippen LogP contribution in [0.3, 0.4) is 0 Å². The highest BCUT2D eigenvalue weighted by Crippen LogP contribution is 2.25. The fourth-order valence-corrected chi connectivity index (χ4v) is 2.49. The summed E-state index contributed by atoms with van der Waals surface area (Å²) >= 11 is 0. The van der Waals surface area contributed by atoms with Crippen molar-refractivity contribution in [2.24, 2.45) is 0 Å². The quantitative estimate of drug-likeness (QED) is 0.801. The zero-order valence-electron chi connectivity index (χ0n) is 11.6. The molecule has 0 radical (unpaired) electrons. The lowest BCUT2D eigenvalue weighted by Crippen LogP contribution is -2.31. The van der Waals surface area contributed by atoms with Crippen LogP contribution >= 0.6 is 0 Å². The molecule has 4 heteroatoms. The van der Waals surface area contributed by atoms with Crippen LogP contribution in [0, 0.1) is 0 Å². The second-order valence-corrected chi connectivity index (χ2v) is 4.85. The summed E-state index contributed by atoms with van der Waals surface area (Å²) in [5, 5.41) is 3.32. The van der Waals surface area contributed by atoms with Gasteiger partial charge in [-0.05, 0) is 25.0 Å². The smallest absolute Gasteiger partial charge is 0.180 e. The first-order valence-electron chi connectivity index (χ1n) is 6.73. The van der Waals surface area contributed by atoms with Gasteiger partial charge in [0, 0.05) is 12.1 Å². The molecule has 0 aromatic heterocycles. The van der Waals surface area contributed by atoms with Gasteiger partial charge in [-0.2, -0.15) is 0 Å². The van der Waals surface area contributed by atoms with Gasteiger partial charge >= 0.3 is 0 Å². The van der Waals surface area contributed by atoms with Crippen LogP contribution in [0.4, 0.5) is 0 Å². The second-order valence-electron chi connectivity index (χ2n) is 4.85. The van der Waals surface area contributed by atoms with E-state index in [2.05, 4.69) is 5.32 Å². The fourth-order valence-electron chi connectivity index (χ4n) is 2.49. The van der Waals surface area contributed by atoms with Gasteiger partial charge in [-0.1, -0.05) is 12.8 Å². The average molecular weight is 263 g/mol. The molecule has 0 spiro atoms. The molecule has 0 amide bonds. The van der Waals surface area contributed by atoms with Crippen LogP contribution in [0.1, 0.15) is 36.0 Å². The van der Waals surface area contributed by atoms with Crippen LogP contribution < -0.4 is 14.8 Å². The molecule has 0 aliphatic heterocycles. The number of hydrogen-bond donors (Lipinski definition) is 1. The number of ether oxygens (including phenoxy) is 2. The lowest BCUT2D eigenvalue weighted by Gasteiger charge is -2.13. The van der Waals surface area contributed by atoms with E-state index in [-0.39, 0.29) is 5.78 Å². The largest absolute Gasteiger partial charge is 0.497 e. The Labute approximate surface area is 114 Å². The first-order valence-corrected chi connectivity index (χ1v) is 6.73. The predicted octanol–water partition coefficient (Wildman–Crippen LogP) is 2.42. The van der Waals surface area contributed by atoms with E-state index in [1.807, 2.05) is 0 Å². The lowest BCUT2D eigenvalue weighted by molar-refractivity contribution is 0.0984. The molecular formula is C15H21NO3. The number of rotatable bonds is 6. The minimum atomic E-state index is 0.0615. The Kier molecular flexibility index (Phi) is 4.80. The van der Waals surface area contributed by atoms with Gasteiger partial charge in [0.1, 0.15) is 11.5 Å². The highest BCUT2D eigenvalue weighted by molar-refractivity contribution is 6.00. The van der Waals surface area contributed by atoms with Crippen LogP contribution in [0.15, 0.2) is 18.2 Å². The van der Waals surface area contributed by atoms with Crippen molar-refractivity contribution in [2.75, 3.05) is 20.8 Å². The molecule has 1 saturated carbocycles. The molecule has 104 valence electrons. The van der Waals surface area contributed by atoms with Gasteiger partial charge in [-0.25, -0.2) is 0 Å². The summed E-state index contributed by atoms with van der Waals surface area (Å²) in [5.74, 6) is 1.32. The molecule has 2 rings (SSSR count). The predicted molar refractivity (Wildman–Crippen MR) is 74.1 cm³/mol. The highest BCUT2D eigenvalue weighted by Gasteiger charge is 2.18. The summed E-state index contributed by atoms with van der Waals surface area (Å²) in [6.45, 7) is 0.368. The van der Waals surface area contributed by atoms with E-state index in [1.165, 1.54) is 25.7 Å². The number of ketones is 1. The second kappa shape index (κ2) is 6.57. The number of carbonyl (C=O) groups excluding carboxylic acids is 1. The summed E-state index contributed by atoms with van der Waals surface area (Å²) in [6.07, 6.45) is 4.87. The Balaban J connectivity index is 2.01. The van der Waals surface area contributed by atoms with Crippen LogP contribution in [-0.2, 0) is 0 Å². The van der Waals surface area contributed by atoms with Gasteiger partial charge in [0.05, 0.1) is 26.3 Å². The monoisotopic (exact) mass is 263 g/mol. The summed E-state index contributed by atoms with van der Waals surface area (Å²) in [5.41, 5.74) is 0.605. The molecule has 0 unspecified atom stereocenters. The van der Waals surface area contributed by atoms with Gasteiger partial charge in [0.25, 0.3) is 0 Å². The van der Waals surface area contributed by atoms with Crippen LogP contribution in [0.5, 0.6) is 11.5 Å². The van der Waals surface area contributed by atoms with Crippen LogP contribution in [0.2, 0.25) is 0 Å². The first-order chi connectivity index (χ1) is 9.24. The van der Waals surface area contributed by atoms with E-state index in [4.69, 9.17) is 9.47 Å². The lowest BCUT2D eigenvalue weighted by atomic mass is 10.1. The number of methoxy groups -OCH3 is 2. The third-order valence-corrected chi connectivity index (χ3v) is 3.62. The third kappa shape index (κ3) is 3.47. The summed E-state index contributed by atoms with van der Waals surface area (Å²) < 4.78 is 10.4. The number of benzene rings is 1. The molecule has 1 aliphatic carbocycles. The molecule has 1 aromatic carbocycles. The molecule has 0 heterocycles. The standard InChI is InChI=1S/C15H21NO3/c1-18-12-7-8-13(15(9-12)19-2)14(17)10-16-11-5-3-4-6-11/h7-9,11,16H,3-6,10H2,1-2H3. The van der Waals surface area contributed by atoms with Crippen molar-refractivity contribution in [2.45, 2.75) is 31.7 Å². The van der Waals surface area contributed by atoms with E-state index in [9.17, 15) is 4.79 Å². The van der Waals surface area contributed by atoms with Gasteiger partial charge < -0.3 is 14.8 Å². The molecular weight excluding hydrogens is 242 g/mol. The average Bonchev–Trinajstić information content (AvgIpc) is 2.97. The van der Waals surface area contributed by atoms with Crippen LogP contribution in [0.25, 0.3) is 0 Å². The topological polar surface area (TPSA) is 47.6 Å². The van der Waals surface area contributed by atoms with Gasteiger partial charge in [-0.3, -0.25) is 4.79 Å². The number of Topliss-reactive ketones (excluding diaryl/α,β-unsaturated/α-hetero) is 1. The first kappa shape index (κ1) is 13.9. The van der Waals surface area contributed by atoms with Gasteiger partial charge in [0.2, 0.25) is 0 Å². The maximum atomic E-state index is 12.2. The summed E-state index contributed by atoms with van der Waals surface area (Å²) in [6, 6.07) is 5.78. The van der Waals surface area contributed by atoms with Crippen molar-refractivity contribution in [3.63, 3.8) is 0 Å². The number of hydrogen-bond acceptors (Lipinski definition) is 4. The van der Waals surface area contributed by atoms with Crippen molar-refractivity contribution >= 4 is 5.78 Å². The summed E-state index contributed by atoms with van der Waals surface area (Å²) in [4.78, 5) is 12.2. The number of nitrogens with one attached hydrogen (secondary N) is 1. The molecule has 19 heavy (non-hydrogen) atoms. The maximum Gasteiger partial charge on any atom is 0.180 e. The third-order valence-electron chi connectivity index (χ3n) is 3.62. The SMILES string of the molecule is COc1ccc(C(=O)CNC2CCCC2)c(OC)c1. The zero-order chi connectivity index (χ0) is 13.7. The molecule has 1 fully saturated rings. The Hall–Kier alpha value is -1.55. The van der Waals surface area contributed by atoms with E-state index in [0.29, 0.717) is 29.6 Å². The normalized spacial score (nSPS) is 15.5. The van der Waals surface area contributed by atoms with Crippen molar-refractivity contribution in [1.29, 1.82) is 0 Å². The fraction of sp³-hybridized carbons (Fsp3) is 0.533. The van der Waals surface area contributed by atoms with Gasteiger partial charge in [0.15, 0.2) is 5.78 Å². The van der Waals surface area contributed by atoms with Crippen LogP contribution in [-0.4, -0.2) is 32.6 Å². The van der Waals surface area contributed by atoms with Crippen molar-refractivity contribution in [1.82, 2.24) is 5.32 Å². The Morgan fingerprint density at radius 3 is 2.63 bits per heavy atom. The summed E-state index contributed by atoms with van der Waals surface area (Å²) in [7, 11) is 3.16. The molecule has 1 aliphatic rings. The molecule has 1 aromatic rings. The molecule has 1 N–H and O–H groups in total. The molecule has 0 saturated heterocycles.